The zero-order valence-electron chi connectivity index (χ0n) is 11.7. The van der Waals surface area contributed by atoms with Gasteiger partial charge in [-0.15, -0.1) is 0 Å². The minimum Gasteiger partial charge on any atom is -0.316 e. The molecule has 1 N–H and O–H groups in total. The summed E-state index contributed by atoms with van der Waals surface area (Å²) in [6.07, 6.45) is 2.50. The van der Waals surface area contributed by atoms with Crippen LogP contribution < -0.4 is 5.32 Å². The summed E-state index contributed by atoms with van der Waals surface area (Å²) in [5.74, 6) is 0.568. The van der Waals surface area contributed by atoms with E-state index < -0.39 is 0 Å². The lowest BCUT2D eigenvalue weighted by Gasteiger charge is -2.20. The van der Waals surface area contributed by atoms with Crippen molar-refractivity contribution in [3.63, 3.8) is 0 Å². The van der Waals surface area contributed by atoms with Crippen LogP contribution in [0, 0.1) is 6.92 Å². The summed E-state index contributed by atoms with van der Waals surface area (Å²) in [4.78, 5) is 0. The second kappa shape index (κ2) is 5.17. The Kier molecular flexibility index (Phi) is 3.38. The highest BCUT2D eigenvalue weighted by molar-refractivity contribution is 5.61. The van der Waals surface area contributed by atoms with E-state index in [1.54, 1.807) is 0 Å². The summed E-state index contributed by atoms with van der Waals surface area (Å²) in [5.41, 5.74) is 4.99. The molecule has 3 rings (SSSR count). The van der Waals surface area contributed by atoms with Gasteiger partial charge in [-0.2, -0.15) is 5.10 Å². The number of rotatable bonds is 2. The number of hydrogen-bond acceptors (Lipinski definition) is 2. The smallest absolute Gasteiger partial charge is 0.0682 e. The van der Waals surface area contributed by atoms with Gasteiger partial charge in [0, 0.05) is 25.1 Å². The van der Waals surface area contributed by atoms with E-state index in [2.05, 4.69) is 42.6 Å². The molecule has 1 aliphatic rings. The predicted molar refractivity (Wildman–Crippen MR) is 78.2 cm³/mol. The lowest BCUT2D eigenvalue weighted by Crippen LogP contribution is -2.28. The maximum atomic E-state index is 4.72. The van der Waals surface area contributed by atoms with E-state index in [0.717, 1.165) is 13.1 Å². The van der Waals surface area contributed by atoms with Gasteiger partial charge in [0.1, 0.15) is 0 Å². The van der Waals surface area contributed by atoms with E-state index in [1.807, 2.05) is 11.7 Å². The standard InChI is InChI=1S/C16H21N3/c1-12-5-3-6-13(9-12)16-10-15(18-19(16)2)14-7-4-8-17-11-14/h3,5-6,9-10,14,17H,4,7-8,11H2,1-2H3. The first kappa shape index (κ1) is 12.4. The molecule has 0 amide bonds. The Bertz CT molecular complexity index is 565. The fraction of sp³-hybridized carbons (Fsp3) is 0.438. The molecule has 100 valence electrons. The van der Waals surface area contributed by atoms with Crippen molar-refractivity contribution in [1.29, 1.82) is 0 Å². The van der Waals surface area contributed by atoms with E-state index in [1.165, 1.54) is 35.4 Å². The van der Waals surface area contributed by atoms with Gasteiger partial charge in [0.2, 0.25) is 0 Å². The molecular weight excluding hydrogens is 234 g/mol. The highest BCUT2D eigenvalue weighted by Crippen LogP contribution is 2.27. The molecule has 1 unspecified atom stereocenters. The summed E-state index contributed by atoms with van der Waals surface area (Å²) in [7, 11) is 2.04. The van der Waals surface area contributed by atoms with Crippen molar-refractivity contribution >= 4 is 0 Å². The van der Waals surface area contributed by atoms with Gasteiger partial charge in [-0.05, 0) is 38.4 Å². The molecule has 1 aromatic heterocycles. The Balaban J connectivity index is 1.92. The Morgan fingerprint density at radius 2 is 2.21 bits per heavy atom. The molecule has 3 heteroatoms. The van der Waals surface area contributed by atoms with Crippen molar-refractivity contribution in [2.75, 3.05) is 13.1 Å². The zero-order valence-corrected chi connectivity index (χ0v) is 11.7. The number of piperidine rings is 1. The van der Waals surface area contributed by atoms with Crippen LogP contribution >= 0.6 is 0 Å². The van der Waals surface area contributed by atoms with Gasteiger partial charge < -0.3 is 5.32 Å². The SMILES string of the molecule is Cc1cccc(-c2cc(C3CCCNC3)nn2C)c1. The Morgan fingerprint density at radius 3 is 2.95 bits per heavy atom. The highest BCUT2D eigenvalue weighted by Gasteiger charge is 2.19. The molecule has 1 atom stereocenters. The summed E-state index contributed by atoms with van der Waals surface area (Å²) in [6, 6.07) is 10.9. The molecule has 0 spiro atoms. The van der Waals surface area contributed by atoms with Crippen LogP contribution in [0.5, 0.6) is 0 Å². The lowest BCUT2D eigenvalue weighted by atomic mass is 9.95. The Hall–Kier alpha value is -1.61. The van der Waals surface area contributed by atoms with Gasteiger partial charge in [0.25, 0.3) is 0 Å². The third kappa shape index (κ3) is 2.56. The highest BCUT2D eigenvalue weighted by atomic mass is 15.3. The quantitative estimate of drug-likeness (QED) is 0.894. The fourth-order valence-corrected chi connectivity index (χ4v) is 2.87. The molecule has 0 radical (unpaired) electrons. The Labute approximate surface area is 114 Å². The fourth-order valence-electron chi connectivity index (χ4n) is 2.87. The lowest BCUT2D eigenvalue weighted by molar-refractivity contribution is 0.451. The van der Waals surface area contributed by atoms with Crippen molar-refractivity contribution in [1.82, 2.24) is 15.1 Å². The number of nitrogens with zero attached hydrogens (tertiary/aromatic N) is 2. The molecule has 2 heterocycles. The van der Waals surface area contributed by atoms with Gasteiger partial charge in [0.05, 0.1) is 11.4 Å². The van der Waals surface area contributed by atoms with Crippen LogP contribution in [0.2, 0.25) is 0 Å². The largest absolute Gasteiger partial charge is 0.316 e. The van der Waals surface area contributed by atoms with Gasteiger partial charge in [-0.3, -0.25) is 4.68 Å². The van der Waals surface area contributed by atoms with Crippen LogP contribution in [0.4, 0.5) is 0 Å². The number of nitrogens with one attached hydrogen (secondary N) is 1. The van der Waals surface area contributed by atoms with Crippen molar-refractivity contribution in [2.24, 2.45) is 7.05 Å². The molecule has 0 aliphatic carbocycles. The third-order valence-electron chi connectivity index (χ3n) is 3.93. The third-order valence-corrected chi connectivity index (χ3v) is 3.93. The topological polar surface area (TPSA) is 29.9 Å². The molecule has 0 bridgehead atoms. The molecule has 0 saturated carbocycles. The van der Waals surface area contributed by atoms with Crippen LogP contribution in [0.3, 0.4) is 0 Å². The first-order chi connectivity index (χ1) is 9.24. The number of hydrogen-bond donors (Lipinski definition) is 1. The molecule has 1 fully saturated rings. The van der Waals surface area contributed by atoms with Crippen LogP contribution in [-0.4, -0.2) is 22.9 Å². The first-order valence-electron chi connectivity index (χ1n) is 7.06. The number of aryl methyl sites for hydroxylation is 2. The van der Waals surface area contributed by atoms with E-state index >= 15 is 0 Å². The van der Waals surface area contributed by atoms with Crippen molar-refractivity contribution in [3.05, 3.63) is 41.6 Å². The van der Waals surface area contributed by atoms with Crippen molar-refractivity contribution in [2.45, 2.75) is 25.7 Å². The van der Waals surface area contributed by atoms with Crippen LogP contribution in [-0.2, 0) is 7.05 Å². The molecule has 3 nitrogen and oxygen atoms in total. The van der Waals surface area contributed by atoms with Gasteiger partial charge in [-0.1, -0.05) is 23.8 Å². The average Bonchev–Trinajstić information content (AvgIpc) is 2.82. The van der Waals surface area contributed by atoms with Crippen LogP contribution in [0.25, 0.3) is 11.3 Å². The molecule has 1 aromatic carbocycles. The maximum absolute atomic E-state index is 4.72. The zero-order chi connectivity index (χ0) is 13.2. The molecular formula is C16H21N3. The van der Waals surface area contributed by atoms with Crippen molar-refractivity contribution in [3.8, 4) is 11.3 Å². The summed E-state index contributed by atoms with van der Waals surface area (Å²) >= 11 is 0. The normalized spacial score (nSPS) is 19.6. The van der Waals surface area contributed by atoms with Gasteiger partial charge >= 0.3 is 0 Å². The monoisotopic (exact) mass is 255 g/mol. The second-order valence-electron chi connectivity index (χ2n) is 5.49. The van der Waals surface area contributed by atoms with E-state index in [9.17, 15) is 0 Å². The minimum atomic E-state index is 0.568. The first-order valence-corrected chi connectivity index (χ1v) is 7.06. The summed E-state index contributed by atoms with van der Waals surface area (Å²) in [6.45, 7) is 4.34. The van der Waals surface area contributed by atoms with E-state index in [-0.39, 0.29) is 0 Å². The molecule has 19 heavy (non-hydrogen) atoms. The van der Waals surface area contributed by atoms with Gasteiger partial charge in [0.15, 0.2) is 0 Å². The Morgan fingerprint density at radius 1 is 1.32 bits per heavy atom. The maximum Gasteiger partial charge on any atom is 0.0682 e. The van der Waals surface area contributed by atoms with Gasteiger partial charge in [-0.25, -0.2) is 0 Å². The molecule has 1 aliphatic heterocycles. The second-order valence-corrected chi connectivity index (χ2v) is 5.49. The summed E-state index contributed by atoms with van der Waals surface area (Å²) < 4.78 is 2.01. The number of benzene rings is 1. The minimum absolute atomic E-state index is 0.568. The van der Waals surface area contributed by atoms with E-state index in [4.69, 9.17) is 5.10 Å². The predicted octanol–water partition coefficient (Wildman–Crippen LogP) is 2.86. The average molecular weight is 255 g/mol. The van der Waals surface area contributed by atoms with Crippen LogP contribution in [0.1, 0.15) is 30.0 Å². The van der Waals surface area contributed by atoms with Crippen LogP contribution in [0.15, 0.2) is 30.3 Å². The van der Waals surface area contributed by atoms with E-state index in [0.29, 0.717) is 5.92 Å². The number of aromatic nitrogens is 2. The molecule has 1 saturated heterocycles. The molecule has 2 aromatic rings. The van der Waals surface area contributed by atoms with Crippen molar-refractivity contribution < 1.29 is 0 Å². The summed E-state index contributed by atoms with van der Waals surface area (Å²) in [5, 5.41) is 8.18.